The van der Waals surface area contributed by atoms with Crippen molar-refractivity contribution in [1.29, 1.82) is 0 Å². The first-order valence-electron chi connectivity index (χ1n) is 7.86. The number of hydrogen-bond donors (Lipinski definition) is 2. The molecule has 1 aromatic rings. The summed E-state index contributed by atoms with van der Waals surface area (Å²) in [6.45, 7) is 8.23. The first-order valence-corrected chi connectivity index (χ1v) is 7.86. The molecule has 0 spiro atoms. The zero-order valence-corrected chi connectivity index (χ0v) is 13.5. The molecule has 4 nitrogen and oxygen atoms in total. The summed E-state index contributed by atoms with van der Waals surface area (Å²) in [6, 6.07) is 6.04. The summed E-state index contributed by atoms with van der Waals surface area (Å²) in [7, 11) is 0. The molecular weight excluding hydrogens is 264 g/mol. The second kappa shape index (κ2) is 10.1. The molecular formula is C17H28N2O2. The maximum absolute atomic E-state index is 11.5. The van der Waals surface area contributed by atoms with Crippen molar-refractivity contribution in [2.45, 2.75) is 46.5 Å². The number of aryl methyl sites for hydroxylation is 2. The van der Waals surface area contributed by atoms with Crippen LogP contribution in [-0.4, -0.2) is 25.7 Å². The predicted octanol–water partition coefficient (Wildman–Crippen LogP) is 3.56. The molecule has 1 rings (SSSR count). The summed E-state index contributed by atoms with van der Waals surface area (Å²) < 4.78 is 5.79. The number of carbonyl (C=O) groups excluding carboxylic acids is 1. The van der Waals surface area contributed by atoms with Crippen LogP contribution in [0.1, 0.15) is 43.7 Å². The number of ether oxygens (including phenoxy) is 1. The maximum Gasteiger partial charge on any atom is 0.314 e. The van der Waals surface area contributed by atoms with Gasteiger partial charge in [-0.3, -0.25) is 0 Å². The normalized spacial score (nSPS) is 10.2. The molecule has 1 aromatic carbocycles. The summed E-state index contributed by atoms with van der Waals surface area (Å²) in [5.41, 5.74) is 2.30. The Kier molecular flexibility index (Phi) is 8.32. The van der Waals surface area contributed by atoms with E-state index >= 15 is 0 Å². The summed E-state index contributed by atoms with van der Waals surface area (Å²) in [5.74, 6) is 0.960. The SMILES string of the molecule is CCCCCNC(=O)NCCCOc1c(C)cccc1C. The molecule has 0 aliphatic rings. The molecule has 0 heterocycles. The minimum absolute atomic E-state index is 0.0850. The van der Waals surface area contributed by atoms with E-state index in [1.54, 1.807) is 0 Å². The number of hydrogen-bond acceptors (Lipinski definition) is 2. The minimum atomic E-state index is -0.0850. The van der Waals surface area contributed by atoms with Crippen molar-refractivity contribution in [2.75, 3.05) is 19.7 Å². The average molecular weight is 292 g/mol. The molecule has 0 aromatic heterocycles. The second-order valence-electron chi connectivity index (χ2n) is 5.31. The van der Waals surface area contributed by atoms with Gasteiger partial charge in [-0.2, -0.15) is 0 Å². The lowest BCUT2D eigenvalue weighted by molar-refractivity contribution is 0.239. The number of carbonyl (C=O) groups is 1. The Hall–Kier alpha value is -1.71. The molecule has 0 fully saturated rings. The molecule has 118 valence electrons. The Morgan fingerprint density at radius 1 is 1.05 bits per heavy atom. The fourth-order valence-corrected chi connectivity index (χ4v) is 2.11. The number of rotatable bonds is 9. The smallest absolute Gasteiger partial charge is 0.314 e. The van der Waals surface area contributed by atoms with E-state index in [1.165, 1.54) is 6.42 Å². The number of benzene rings is 1. The second-order valence-corrected chi connectivity index (χ2v) is 5.31. The van der Waals surface area contributed by atoms with Crippen molar-refractivity contribution in [1.82, 2.24) is 10.6 Å². The molecule has 0 aliphatic carbocycles. The molecule has 21 heavy (non-hydrogen) atoms. The Morgan fingerprint density at radius 2 is 1.67 bits per heavy atom. The quantitative estimate of drug-likeness (QED) is 0.684. The van der Waals surface area contributed by atoms with E-state index in [-0.39, 0.29) is 6.03 Å². The summed E-state index contributed by atoms with van der Waals surface area (Å²) >= 11 is 0. The third-order valence-corrected chi connectivity index (χ3v) is 3.33. The molecule has 0 aliphatic heterocycles. The average Bonchev–Trinajstić information content (AvgIpc) is 2.46. The van der Waals surface area contributed by atoms with Crippen LogP contribution in [-0.2, 0) is 0 Å². The zero-order valence-electron chi connectivity index (χ0n) is 13.5. The Labute approximate surface area is 128 Å². The number of nitrogens with one attached hydrogen (secondary N) is 2. The van der Waals surface area contributed by atoms with Gasteiger partial charge in [0.15, 0.2) is 0 Å². The number of amides is 2. The van der Waals surface area contributed by atoms with Gasteiger partial charge in [0.2, 0.25) is 0 Å². The van der Waals surface area contributed by atoms with Gasteiger partial charge in [0.1, 0.15) is 5.75 Å². The first kappa shape index (κ1) is 17.3. The maximum atomic E-state index is 11.5. The van der Waals surface area contributed by atoms with E-state index < -0.39 is 0 Å². The molecule has 2 amide bonds. The molecule has 0 saturated heterocycles. The van der Waals surface area contributed by atoms with Gasteiger partial charge in [0.25, 0.3) is 0 Å². The van der Waals surface area contributed by atoms with Crippen molar-refractivity contribution < 1.29 is 9.53 Å². The van der Waals surface area contributed by atoms with Crippen molar-refractivity contribution in [3.05, 3.63) is 29.3 Å². The van der Waals surface area contributed by atoms with Crippen molar-refractivity contribution >= 4 is 6.03 Å². The van der Waals surface area contributed by atoms with Crippen LogP contribution in [0, 0.1) is 13.8 Å². The molecule has 0 unspecified atom stereocenters. The zero-order chi connectivity index (χ0) is 15.5. The van der Waals surface area contributed by atoms with Crippen molar-refractivity contribution in [3.8, 4) is 5.75 Å². The summed E-state index contributed by atoms with van der Waals surface area (Å²) in [6.07, 6.45) is 4.17. The van der Waals surface area contributed by atoms with E-state index in [0.717, 1.165) is 42.7 Å². The van der Waals surface area contributed by atoms with Crippen LogP contribution < -0.4 is 15.4 Å². The highest BCUT2D eigenvalue weighted by molar-refractivity contribution is 5.73. The highest BCUT2D eigenvalue weighted by Crippen LogP contribution is 2.22. The summed E-state index contributed by atoms with van der Waals surface area (Å²) in [4.78, 5) is 11.5. The van der Waals surface area contributed by atoms with E-state index in [2.05, 4.69) is 17.6 Å². The van der Waals surface area contributed by atoms with E-state index in [1.807, 2.05) is 32.0 Å². The lowest BCUT2D eigenvalue weighted by Gasteiger charge is -2.12. The van der Waals surface area contributed by atoms with Crippen LogP contribution in [0.2, 0.25) is 0 Å². The van der Waals surface area contributed by atoms with E-state index in [0.29, 0.717) is 13.2 Å². The minimum Gasteiger partial charge on any atom is -0.493 e. The number of unbranched alkanes of at least 4 members (excludes halogenated alkanes) is 2. The largest absolute Gasteiger partial charge is 0.493 e. The van der Waals surface area contributed by atoms with Gasteiger partial charge in [0, 0.05) is 13.1 Å². The monoisotopic (exact) mass is 292 g/mol. The van der Waals surface area contributed by atoms with Crippen LogP contribution in [0.25, 0.3) is 0 Å². The van der Waals surface area contributed by atoms with Crippen LogP contribution >= 0.6 is 0 Å². The van der Waals surface area contributed by atoms with E-state index in [4.69, 9.17) is 4.74 Å². The van der Waals surface area contributed by atoms with Gasteiger partial charge in [-0.25, -0.2) is 4.79 Å². The molecule has 2 N–H and O–H groups in total. The van der Waals surface area contributed by atoms with Gasteiger partial charge in [0.05, 0.1) is 6.61 Å². The van der Waals surface area contributed by atoms with Crippen LogP contribution in [0.15, 0.2) is 18.2 Å². The fourth-order valence-electron chi connectivity index (χ4n) is 2.11. The third-order valence-electron chi connectivity index (χ3n) is 3.33. The Balaban J connectivity index is 2.10. The molecule has 4 heteroatoms. The fraction of sp³-hybridized carbons (Fsp3) is 0.588. The Bertz CT molecular complexity index is 413. The highest BCUT2D eigenvalue weighted by Gasteiger charge is 2.03. The first-order chi connectivity index (χ1) is 10.1. The number of para-hydroxylation sites is 1. The van der Waals surface area contributed by atoms with Crippen LogP contribution in [0.4, 0.5) is 4.79 Å². The van der Waals surface area contributed by atoms with Crippen molar-refractivity contribution in [3.63, 3.8) is 0 Å². The molecule has 0 radical (unpaired) electrons. The van der Waals surface area contributed by atoms with Crippen molar-refractivity contribution in [2.24, 2.45) is 0 Å². The third kappa shape index (κ3) is 7.02. The topological polar surface area (TPSA) is 50.4 Å². The molecule has 0 atom stereocenters. The van der Waals surface area contributed by atoms with Crippen LogP contribution in [0.5, 0.6) is 5.75 Å². The lowest BCUT2D eigenvalue weighted by Crippen LogP contribution is -2.36. The lowest BCUT2D eigenvalue weighted by atomic mass is 10.1. The Morgan fingerprint density at radius 3 is 2.29 bits per heavy atom. The van der Waals surface area contributed by atoms with Gasteiger partial charge in [-0.1, -0.05) is 38.0 Å². The highest BCUT2D eigenvalue weighted by atomic mass is 16.5. The van der Waals surface area contributed by atoms with Gasteiger partial charge < -0.3 is 15.4 Å². The van der Waals surface area contributed by atoms with Gasteiger partial charge in [-0.15, -0.1) is 0 Å². The number of urea groups is 1. The molecule has 0 bridgehead atoms. The molecule has 0 saturated carbocycles. The van der Waals surface area contributed by atoms with E-state index in [9.17, 15) is 4.79 Å². The van der Waals surface area contributed by atoms with Gasteiger partial charge in [-0.05, 0) is 37.8 Å². The standard InChI is InChI=1S/C17H28N2O2/c1-4-5-6-11-18-17(20)19-12-8-13-21-16-14(2)9-7-10-15(16)3/h7,9-10H,4-6,8,11-13H2,1-3H3,(H2,18,19,20). The van der Waals surface area contributed by atoms with Gasteiger partial charge >= 0.3 is 6.03 Å². The predicted molar refractivity (Wildman–Crippen MR) is 87.0 cm³/mol. The van der Waals surface area contributed by atoms with Crippen LogP contribution in [0.3, 0.4) is 0 Å². The summed E-state index contributed by atoms with van der Waals surface area (Å²) in [5, 5.41) is 5.70.